The molecule has 0 heterocycles. The molecule has 0 fully saturated rings. The lowest BCUT2D eigenvalue weighted by molar-refractivity contribution is 0.332. The van der Waals surface area contributed by atoms with Gasteiger partial charge in [0.2, 0.25) is 0 Å². The van der Waals surface area contributed by atoms with Gasteiger partial charge in [0, 0.05) is 43.1 Å². The van der Waals surface area contributed by atoms with E-state index in [-0.39, 0.29) is 21.7 Å². The molecule has 0 amide bonds. The second-order valence-electron chi connectivity index (χ2n) is 19.5. The van der Waals surface area contributed by atoms with E-state index in [0.717, 1.165) is 31.7 Å². The largest absolute Gasteiger partial charge is 0.310 e. The number of anilines is 6. The molecule has 9 rings (SSSR count). The van der Waals surface area contributed by atoms with Gasteiger partial charge in [-0.1, -0.05) is 124 Å². The van der Waals surface area contributed by atoms with Crippen LogP contribution in [0.5, 0.6) is 0 Å². The molecule has 294 valence electrons. The van der Waals surface area contributed by atoms with Gasteiger partial charge in [0.1, 0.15) is 0 Å². The molecule has 0 radical (unpaired) electrons. The monoisotopic (exact) mass is 888 g/mol. The summed E-state index contributed by atoms with van der Waals surface area (Å²) >= 11 is 7.36. The summed E-state index contributed by atoms with van der Waals surface area (Å²) in [4.78, 5) is 4.85. The van der Waals surface area contributed by atoms with Crippen molar-refractivity contribution in [2.75, 3.05) is 9.80 Å². The summed E-state index contributed by atoms with van der Waals surface area (Å²) in [6.45, 7) is 19.2. The fourth-order valence-electron chi connectivity index (χ4n) is 9.83. The molecule has 0 bridgehead atoms. The van der Waals surface area contributed by atoms with Crippen molar-refractivity contribution in [2.24, 2.45) is 0 Å². The van der Waals surface area contributed by atoms with Crippen molar-refractivity contribution in [1.82, 2.24) is 0 Å². The van der Waals surface area contributed by atoms with Crippen LogP contribution in [-0.4, -0.2) is 0 Å². The number of hydrogen-bond donors (Lipinski definition) is 0. The van der Waals surface area contributed by atoms with E-state index in [1.165, 1.54) is 80.9 Å². The third-order valence-electron chi connectivity index (χ3n) is 13.7. The number of fused-ring (bicyclic) bond motifs is 5. The van der Waals surface area contributed by atoms with Crippen molar-refractivity contribution in [2.45, 2.75) is 103 Å². The van der Waals surface area contributed by atoms with Gasteiger partial charge in [0.25, 0.3) is 0 Å². The highest BCUT2D eigenvalue weighted by Gasteiger charge is 2.39. The Balaban J connectivity index is 1.15. The van der Waals surface area contributed by atoms with Crippen LogP contribution in [-0.2, 0) is 21.7 Å². The fourth-order valence-corrected chi connectivity index (χ4v) is 10.4. The van der Waals surface area contributed by atoms with Crippen LogP contribution in [0.2, 0.25) is 0 Å². The molecule has 0 saturated heterocycles. The van der Waals surface area contributed by atoms with E-state index < -0.39 is 0 Å². The highest BCUT2D eigenvalue weighted by molar-refractivity contribution is 9.10. The van der Waals surface area contributed by atoms with E-state index >= 15 is 0 Å². The van der Waals surface area contributed by atoms with Gasteiger partial charge >= 0.3 is 0 Å². The summed E-state index contributed by atoms with van der Waals surface area (Å²) in [7, 11) is 0. The molecule has 7 aromatic rings. The molecule has 2 nitrogen and oxygen atoms in total. The Morgan fingerprint density at radius 3 is 0.983 bits per heavy atom. The number of hydrogen-bond acceptors (Lipinski definition) is 2. The van der Waals surface area contributed by atoms with Crippen molar-refractivity contribution < 1.29 is 0 Å². The smallest absolute Gasteiger partial charge is 0.0468 e. The first-order valence-electron chi connectivity index (χ1n) is 20.9. The van der Waals surface area contributed by atoms with E-state index in [0.29, 0.717) is 0 Å². The molecular weight excluding hydrogens is 836 g/mol. The zero-order valence-corrected chi connectivity index (χ0v) is 38.4. The SMILES string of the molecule is CC1(C)CCC(C)(C)c2cc(N(c3ccc(Br)cc3)c3ccc4c(ccc5cc(N(c6ccc(Br)cc6)c6ccc7c(c6)C(C)(C)CCC7(C)C)ccc54)c3)ccc21. The van der Waals surface area contributed by atoms with Crippen LogP contribution in [0.25, 0.3) is 21.5 Å². The molecule has 58 heavy (non-hydrogen) atoms. The Bertz CT molecular complexity index is 2520. The van der Waals surface area contributed by atoms with Crippen molar-refractivity contribution >= 4 is 87.5 Å². The predicted octanol–water partition coefficient (Wildman–Crippen LogP) is 17.2. The first-order chi connectivity index (χ1) is 27.5. The van der Waals surface area contributed by atoms with Crippen LogP contribution in [0.3, 0.4) is 0 Å². The number of benzene rings is 7. The third kappa shape index (κ3) is 6.88. The molecule has 0 spiro atoms. The van der Waals surface area contributed by atoms with Gasteiger partial charge in [0.05, 0.1) is 0 Å². The Labute approximate surface area is 362 Å². The fraction of sp³-hybridized carbons (Fsp3) is 0.296. The first kappa shape index (κ1) is 39.1. The van der Waals surface area contributed by atoms with Crippen LogP contribution >= 0.6 is 31.9 Å². The van der Waals surface area contributed by atoms with Crippen molar-refractivity contribution in [3.8, 4) is 0 Å². The van der Waals surface area contributed by atoms with Gasteiger partial charge in [-0.05, 0) is 188 Å². The Morgan fingerprint density at radius 2 is 0.621 bits per heavy atom. The quantitative estimate of drug-likeness (QED) is 0.154. The maximum atomic E-state index is 3.68. The van der Waals surface area contributed by atoms with Gasteiger partial charge in [-0.15, -0.1) is 0 Å². The molecule has 7 aromatic carbocycles. The zero-order chi connectivity index (χ0) is 40.8. The average Bonchev–Trinajstić information content (AvgIpc) is 3.20. The maximum Gasteiger partial charge on any atom is 0.0468 e. The number of halogens is 2. The average molecular weight is 891 g/mol. The second-order valence-corrected chi connectivity index (χ2v) is 21.3. The highest BCUT2D eigenvalue weighted by Crippen LogP contribution is 2.50. The van der Waals surface area contributed by atoms with Crippen LogP contribution in [0, 0.1) is 0 Å². The second kappa shape index (κ2) is 14.1. The van der Waals surface area contributed by atoms with Crippen LogP contribution in [0.1, 0.15) is 103 Å². The molecule has 0 unspecified atom stereocenters. The minimum absolute atomic E-state index is 0.119. The Hall–Kier alpha value is -4.38. The normalized spacial score (nSPS) is 17.4. The van der Waals surface area contributed by atoms with Crippen LogP contribution in [0.15, 0.2) is 142 Å². The van der Waals surface area contributed by atoms with Crippen molar-refractivity contribution in [3.05, 3.63) is 165 Å². The highest BCUT2D eigenvalue weighted by atomic mass is 79.9. The molecule has 2 aliphatic rings. The summed E-state index contributed by atoms with van der Waals surface area (Å²) < 4.78 is 2.15. The van der Waals surface area contributed by atoms with E-state index in [2.05, 4.69) is 231 Å². The molecule has 2 aliphatic carbocycles. The topological polar surface area (TPSA) is 6.48 Å². The molecule has 0 aliphatic heterocycles. The Kier molecular flexibility index (Phi) is 9.52. The minimum atomic E-state index is 0.119. The zero-order valence-electron chi connectivity index (χ0n) is 35.2. The van der Waals surface area contributed by atoms with Crippen molar-refractivity contribution in [3.63, 3.8) is 0 Å². The summed E-state index contributed by atoms with van der Waals surface area (Å²) in [5, 5.41) is 4.96. The number of nitrogens with zero attached hydrogens (tertiary/aromatic N) is 2. The maximum absolute atomic E-state index is 3.68. The first-order valence-corrected chi connectivity index (χ1v) is 22.5. The minimum Gasteiger partial charge on any atom is -0.310 e. The summed E-state index contributed by atoms with van der Waals surface area (Å²) in [6, 6.07) is 50.4. The Morgan fingerprint density at radius 1 is 0.328 bits per heavy atom. The van der Waals surface area contributed by atoms with E-state index in [4.69, 9.17) is 0 Å². The van der Waals surface area contributed by atoms with Gasteiger partial charge in [-0.25, -0.2) is 0 Å². The van der Waals surface area contributed by atoms with Crippen molar-refractivity contribution in [1.29, 1.82) is 0 Å². The molecule has 0 aromatic heterocycles. The van der Waals surface area contributed by atoms with E-state index in [1.807, 2.05) is 0 Å². The molecule has 0 saturated carbocycles. The lowest BCUT2D eigenvalue weighted by atomic mass is 9.63. The predicted molar refractivity (Wildman–Crippen MR) is 257 cm³/mol. The number of rotatable bonds is 6. The van der Waals surface area contributed by atoms with Crippen LogP contribution in [0.4, 0.5) is 34.1 Å². The van der Waals surface area contributed by atoms with E-state index in [9.17, 15) is 0 Å². The molecule has 4 heteroatoms. The molecule has 0 atom stereocenters. The molecular formula is C54H54Br2N2. The van der Waals surface area contributed by atoms with Gasteiger partial charge in [-0.2, -0.15) is 0 Å². The summed E-state index contributed by atoms with van der Waals surface area (Å²) in [6.07, 6.45) is 4.78. The van der Waals surface area contributed by atoms with Gasteiger partial charge in [0.15, 0.2) is 0 Å². The summed E-state index contributed by atoms with van der Waals surface area (Å²) in [5.74, 6) is 0. The van der Waals surface area contributed by atoms with E-state index in [1.54, 1.807) is 0 Å². The van der Waals surface area contributed by atoms with Gasteiger partial charge < -0.3 is 9.80 Å². The van der Waals surface area contributed by atoms with Gasteiger partial charge in [-0.3, -0.25) is 0 Å². The standard InChI is InChI=1S/C54H54Br2N2/c1-51(2)27-29-53(5,6)49-33-43(21-25-47(49)51)57(39-15-11-37(55)12-16-39)41-19-23-45-35(31-41)9-10-36-32-42(20-24-46(36)45)58(40-17-13-38(56)14-18-40)44-22-26-48-50(34-44)54(7,8)30-28-52(48,3)4/h9-26,31-34H,27-30H2,1-8H3. The lowest BCUT2D eigenvalue weighted by Crippen LogP contribution is -2.34. The van der Waals surface area contributed by atoms with Crippen LogP contribution < -0.4 is 9.80 Å². The third-order valence-corrected chi connectivity index (χ3v) is 14.7. The summed E-state index contributed by atoms with van der Waals surface area (Å²) in [5.41, 5.74) is 13.4. The lowest BCUT2D eigenvalue weighted by Gasteiger charge is -2.42. The molecule has 0 N–H and O–H groups in total.